The second-order valence-corrected chi connectivity index (χ2v) is 15.5. The molecule has 0 nitrogen and oxygen atoms in total. The molecule has 0 unspecified atom stereocenters. The Morgan fingerprint density at radius 2 is 0.575 bits per heavy atom. The average Bonchev–Trinajstić information content (AvgIpc) is 3.01. The summed E-state index contributed by atoms with van der Waals surface area (Å²) < 4.78 is 0. The first-order chi connectivity index (χ1) is 19.9. The molecule has 0 amide bonds. The molecule has 0 saturated carbocycles. The molecule has 0 saturated heterocycles. The van der Waals surface area contributed by atoms with Gasteiger partial charge in [0.25, 0.3) is 0 Å². The molecule has 0 atom stereocenters. The van der Waals surface area contributed by atoms with Crippen molar-refractivity contribution in [2.75, 3.05) is 6.16 Å². The molecule has 3 aromatic rings. The second kappa shape index (κ2) is 20.9. The van der Waals surface area contributed by atoms with E-state index in [0.29, 0.717) is 0 Å². The fourth-order valence-electron chi connectivity index (χ4n) is 6.31. The highest BCUT2D eigenvalue weighted by Gasteiger charge is 2.44. The van der Waals surface area contributed by atoms with Gasteiger partial charge in [-0.25, -0.2) is 0 Å². The predicted molar refractivity (Wildman–Crippen MR) is 183 cm³/mol. The van der Waals surface area contributed by atoms with Crippen molar-refractivity contribution < 1.29 is 0 Å². The minimum atomic E-state index is -1.65. The van der Waals surface area contributed by atoms with Gasteiger partial charge in [-0.3, -0.25) is 0 Å². The molecule has 40 heavy (non-hydrogen) atoms. The molecule has 0 aliphatic heterocycles. The van der Waals surface area contributed by atoms with Gasteiger partial charge >= 0.3 is 0 Å². The summed E-state index contributed by atoms with van der Waals surface area (Å²) in [5, 5.41) is 4.57. The molecule has 0 spiro atoms. The zero-order chi connectivity index (χ0) is 28.0. The summed E-state index contributed by atoms with van der Waals surface area (Å²) in [6.45, 7) is 2.30. The van der Waals surface area contributed by atoms with Crippen LogP contribution in [0.4, 0.5) is 0 Å². The lowest BCUT2D eigenvalue weighted by Crippen LogP contribution is -2.33. The Morgan fingerprint density at radius 1 is 0.325 bits per heavy atom. The van der Waals surface area contributed by atoms with E-state index in [1.165, 1.54) is 144 Å². The molecule has 0 aliphatic rings. The highest BCUT2D eigenvalue weighted by molar-refractivity contribution is 7.95. The molecule has 0 heterocycles. The van der Waals surface area contributed by atoms with Gasteiger partial charge in [0.2, 0.25) is 0 Å². The van der Waals surface area contributed by atoms with Crippen molar-refractivity contribution in [3.05, 3.63) is 91.0 Å². The third kappa shape index (κ3) is 11.5. The van der Waals surface area contributed by atoms with Crippen molar-refractivity contribution in [2.45, 2.75) is 129 Å². The van der Waals surface area contributed by atoms with Gasteiger partial charge in [0.15, 0.2) is 0 Å². The Kier molecular flexibility index (Phi) is 17.0. The van der Waals surface area contributed by atoms with E-state index < -0.39 is 7.26 Å². The van der Waals surface area contributed by atoms with Crippen LogP contribution in [0.1, 0.15) is 129 Å². The summed E-state index contributed by atoms with van der Waals surface area (Å²) >= 11 is 0. The first-order valence-electron chi connectivity index (χ1n) is 16.9. The lowest BCUT2D eigenvalue weighted by molar-refractivity contribution is 0.524. The maximum atomic E-state index is 2.38. The quantitative estimate of drug-likeness (QED) is 0.0803. The maximum absolute atomic E-state index is 2.38. The van der Waals surface area contributed by atoms with Gasteiger partial charge in [0.05, 0.1) is 6.16 Å². The van der Waals surface area contributed by atoms with Crippen LogP contribution in [0.5, 0.6) is 0 Å². The van der Waals surface area contributed by atoms with Crippen molar-refractivity contribution in [3.8, 4) is 0 Å². The molecule has 0 aliphatic carbocycles. The van der Waals surface area contributed by atoms with Crippen LogP contribution in [0, 0.1) is 0 Å². The van der Waals surface area contributed by atoms with Crippen LogP contribution in [0.3, 0.4) is 0 Å². The summed E-state index contributed by atoms with van der Waals surface area (Å²) in [7, 11) is -1.65. The highest BCUT2D eigenvalue weighted by atomic mass is 31.2. The van der Waals surface area contributed by atoms with E-state index >= 15 is 0 Å². The predicted octanol–water partition coefficient (Wildman–Crippen LogP) is 11.4. The summed E-state index contributed by atoms with van der Waals surface area (Å²) in [6, 6.07) is 34.1. The molecule has 0 bridgehead atoms. The van der Waals surface area contributed by atoms with Crippen LogP contribution in [0.25, 0.3) is 0 Å². The maximum Gasteiger partial charge on any atom is 0.112 e. The van der Waals surface area contributed by atoms with Crippen molar-refractivity contribution in [1.82, 2.24) is 0 Å². The van der Waals surface area contributed by atoms with Crippen LogP contribution in [-0.2, 0) is 0 Å². The molecule has 3 rings (SSSR count). The van der Waals surface area contributed by atoms with Gasteiger partial charge in [-0.2, -0.15) is 0 Å². The fraction of sp³-hybridized carbons (Fsp3) is 0.538. The van der Waals surface area contributed by atoms with Crippen molar-refractivity contribution in [1.29, 1.82) is 0 Å². The fourth-order valence-corrected chi connectivity index (χ4v) is 10.7. The molecule has 0 radical (unpaired) electrons. The molecule has 0 aromatic heterocycles. The standard InChI is InChI=1S/C39H58P/c1-2-3-4-5-6-7-8-9-10-11-12-13-14-15-16-17-18-19-29-36-40(37-30-23-20-24-31-37,38-32-25-21-26-33-38)39-34-27-22-28-35-39/h20-28,30-35H,2-19,29,36H2,1H3/q+1. The van der Waals surface area contributed by atoms with E-state index in [0.717, 1.165) is 0 Å². The summed E-state index contributed by atoms with van der Waals surface area (Å²) in [4.78, 5) is 0. The number of hydrogen-bond acceptors (Lipinski definition) is 0. The summed E-state index contributed by atoms with van der Waals surface area (Å²) in [5.74, 6) is 0. The SMILES string of the molecule is CCCCCCCCCCCCCCCCCCCCC[P+](c1ccccc1)(c1ccccc1)c1ccccc1. The minimum absolute atomic E-state index is 1.27. The normalized spacial score (nSPS) is 11.6. The number of benzene rings is 3. The Labute approximate surface area is 248 Å². The van der Waals surface area contributed by atoms with Crippen LogP contribution in [0.2, 0.25) is 0 Å². The third-order valence-corrected chi connectivity index (χ3v) is 13.2. The molecule has 1 heteroatoms. The Morgan fingerprint density at radius 3 is 0.850 bits per heavy atom. The van der Waals surface area contributed by atoms with Crippen molar-refractivity contribution >= 4 is 23.2 Å². The van der Waals surface area contributed by atoms with Crippen LogP contribution in [-0.4, -0.2) is 6.16 Å². The van der Waals surface area contributed by atoms with Gasteiger partial charge in [-0.1, -0.05) is 171 Å². The van der Waals surface area contributed by atoms with Gasteiger partial charge in [-0.05, 0) is 49.2 Å². The van der Waals surface area contributed by atoms with E-state index in [-0.39, 0.29) is 0 Å². The first-order valence-corrected chi connectivity index (χ1v) is 18.9. The minimum Gasteiger partial charge on any atom is -0.0654 e. The highest BCUT2D eigenvalue weighted by Crippen LogP contribution is 2.56. The third-order valence-electron chi connectivity index (χ3n) is 8.69. The van der Waals surface area contributed by atoms with Crippen molar-refractivity contribution in [3.63, 3.8) is 0 Å². The average molecular weight is 558 g/mol. The first kappa shape index (κ1) is 32.6. The number of rotatable bonds is 23. The van der Waals surface area contributed by atoms with E-state index in [1.807, 2.05) is 0 Å². The monoisotopic (exact) mass is 557 g/mol. The molecule has 0 fully saturated rings. The van der Waals surface area contributed by atoms with Crippen LogP contribution >= 0.6 is 7.26 Å². The van der Waals surface area contributed by atoms with Gasteiger partial charge in [0, 0.05) is 0 Å². The molecule has 0 N–H and O–H groups in total. The van der Waals surface area contributed by atoms with E-state index in [4.69, 9.17) is 0 Å². The zero-order valence-corrected chi connectivity index (χ0v) is 26.6. The van der Waals surface area contributed by atoms with E-state index in [2.05, 4.69) is 97.9 Å². The van der Waals surface area contributed by atoms with E-state index in [1.54, 1.807) is 0 Å². The summed E-state index contributed by atoms with van der Waals surface area (Å²) in [5.41, 5.74) is 0. The topological polar surface area (TPSA) is 0 Å². The Hall–Kier alpha value is -1.91. The molecule has 218 valence electrons. The Balaban J connectivity index is 1.31. The van der Waals surface area contributed by atoms with Gasteiger partial charge in [0.1, 0.15) is 23.2 Å². The lowest BCUT2D eigenvalue weighted by atomic mass is 10.0. The largest absolute Gasteiger partial charge is 0.112 e. The Bertz CT molecular complexity index is 869. The second-order valence-electron chi connectivity index (χ2n) is 11.9. The number of unbranched alkanes of at least 4 members (excludes halogenated alkanes) is 18. The van der Waals surface area contributed by atoms with Crippen LogP contribution in [0.15, 0.2) is 91.0 Å². The smallest absolute Gasteiger partial charge is 0.0654 e. The zero-order valence-electron chi connectivity index (χ0n) is 25.7. The van der Waals surface area contributed by atoms with Gasteiger partial charge < -0.3 is 0 Å². The number of hydrogen-bond donors (Lipinski definition) is 0. The van der Waals surface area contributed by atoms with Crippen molar-refractivity contribution in [2.24, 2.45) is 0 Å². The van der Waals surface area contributed by atoms with Crippen LogP contribution < -0.4 is 15.9 Å². The molecular formula is C39H58P+. The summed E-state index contributed by atoms with van der Waals surface area (Å²) in [6.07, 6.45) is 28.5. The van der Waals surface area contributed by atoms with Gasteiger partial charge in [-0.15, -0.1) is 0 Å². The molecule has 3 aromatic carbocycles. The lowest BCUT2D eigenvalue weighted by Gasteiger charge is -2.27. The molecular weight excluding hydrogens is 499 g/mol. The van der Waals surface area contributed by atoms with E-state index in [9.17, 15) is 0 Å².